The van der Waals surface area contributed by atoms with Gasteiger partial charge in [0.05, 0.1) is 7.11 Å². The van der Waals surface area contributed by atoms with E-state index in [0.29, 0.717) is 23.8 Å². The van der Waals surface area contributed by atoms with Crippen molar-refractivity contribution >= 4 is 5.91 Å². The molecule has 1 atom stereocenters. The second-order valence-electron chi connectivity index (χ2n) is 5.32. The summed E-state index contributed by atoms with van der Waals surface area (Å²) in [5, 5.41) is 2.85. The number of hydrogen-bond acceptors (Lipinski definition) is 5. The largest absolute Gasteiger partial charge is 0.493 e. The molecule has 1 aliphatic rings. The summed E-state index contributed by atoms with van der Waals surface area (Å²) in [7, 11) is 1.56. The Kier molecular flexibility index (Phi) is 4.74. The van der Waals surface area contributed by atoms with E-state index in [0.717, 1.165) is 11.3 Å². The smallest absolute Gasteiger partial charge is 0.261 e. The summed E-state index contributed by atoms with van der Waals surface area (Å²) in [6.45, 7) is 2.31. The molecule has 0 saturated carbocycles. The van der Waals surface area contributed by atoms with Crippen molar-refractivity contribution < 1.29 is 23.7 Å². The van der Waals surface area contributed by atoms with Crippen molar-refractivity contribution in [3.63, 3.8) is 0 Å². The van der Waals surface area contributed by atoms with Crippen LogP contribution in [0.25, 0.3) is 0 Å². The van der Waals surface area contributed by atoms with Gasteiger partial charge in [-0.05, 0) is 36.8 Å². The first-order chi connectivity index (χ1) is 11.7. The summed E-state index contributed by atoms with van der Waals surface area (Å²) in [4.78, 5) is 12.2. The molecule has 2 aromatic rings. The highest BCUT2D eigenvalue weighted by molar-refractivity contribution is 5.80. The molecule has 6 heteroatoms. The molecule has 0 fully saturated rings. The second-order valence-corrected chi connectivity index (χ2v) is 5.32. The Labute approximate surface area is 140 Å². The van der Waals surface area contributed by atoms with E-state index in [4.69, 9.17) is 18.9 Å². The van der Waals surface area contributed by atoms with Crippen molar-refractivity contribution in [1.82, 2.24) is 5.32 Å². The van der Waals surface area contributed by atoms with Crippen molar-refractivity contribution in [3.05, 3.63) is 48.0 Å². The summed E-state index contributed by atoms with van der Waals surface area (Å²) < 4.78 is 21.5. The number of rotatable bonds is 6. The van der Waals surface area contributed by atoms with Gasteiger partial charge >= 0.3 is 0 Å². The van der Waals surface area contributed by atoms with Gasteiger partial charge in [-0.15, -0.1) is 0 Å². The van der Waals surface area contributed by atoms with Gasteiger partial charge in [-0.25, -0.2) is 0 Å². The van der Waals surface area contributed by atoms with Crippen molar-refractivity contribution in [2.45, 2.75) is 19.6 Å². The molecular formula is C18H19NO5. The minimum Gasteiger partial charge on any atom is -0.493 e. The van der Waals surface area contributed by atoms with E-state index in [1.165, 1.54) is 0 Å². The molecule has 24 heavy (non-hydrogen) atoms. The molecule has 6 nitrogen and oxygen atoms in total. The second kappa shape index (κ2) is 7.12. The predicted octanol–water partition coefficient (Wildman–Crippen LogP) is 2.51. The Bertz CT molecular complexity index is 731. The van der Waals surface area contributed by atoms with Gasteiger partial charge in [0.25, 0.3) is 5.91 Å². The van der Waals surface area contributed by atoms with Gasteiger partial charge in [-0.2, -0.15) is 0 Å². The van der Waals surface area contributed by atoms with E-state index >= 15 is 0 Å². The molecule has 1 amide bonds. The van der Waals surface area contributed by atoms with Gasteiger partial charge in [-0.1, -0.05) is 18.2 Å². The summed E-state index contributed by atoms with van der Waals surface area (Å²) in [5.41, 5.74) is 0.928. The van der Waals surface area contributed by atoms with E-state index in [-0.39, 0.29) is 12.7 Å². The lowest BCUT2D eigenvalue weighted by molar-refractivity contribution is -0.127. The van der Waals surface area contributed by atoms with Gasteiger partial charge in [-0.3, -0.25) is 4.79 Å². The first kappa shape index (κ1) is 16.0. The van der Waals surface area contributed by atoms with Crippen LogP contribution in [0.1, 0.15) is 12.5 Å². The minimum absolute atomic E-state index is 0.210. The molecular weight excluding hydrogens is 310 g/mol. The summed E-state index contributed by atoms with van der Waals surface area (Å²) in [5.74, 6) is 2.33. The highest BCUT2D eigenvalue weighted by atomic mass is 16.7. The monoisotopic (exact) mass is 329 g/mol. The van der Waals surface area contributed by atoms with Crippen molar-refractivity contribution in [1.29, 1.82) is 0 Å². The summed E-state index contributed by atoms with van der Waals surface area (Å²) in [6, 6.07) is 12.8. The maximum absolute atomic E-state index is 12.2. The minimum atomic E-state index is -0.643. The number of carbonyl (C=O) groups excluding carboxylic acids is 1. The molecule has 0 spiro atoms. The van der Waals surface area contributed by atoms with Crippen LogP contribution in [0.15, 0.2) is 42.5 Å². The predicted molar refractivity (Wildman–Crippen MR) is 87.5 cm³/mol. The standard InChI is InChI=1S/C18H19NO5/c1-12(24-16-6-4-3-5-14(16)21-2)18(20)19-10-13-7-8-15-17(9-13)23-11-22-15/h3-9,12H,10-11H2,1-2H3,(H,19,20)/t12-/m1/s1. The average molecular weight is 329 g/mol. The van der Waals surface area contributed by atoms with Crippen LogP contribution in [0.5, 0.6) is 23.0 Å². The molecule has 0 aliphatic carbocycles. The van der Waals surface area contributed by atoms with Crippen LogP contribution >= 0.6 is 0 Å². The van der Waals surface area contributed by atoms with E-state index in [1.54, 1.807) is 26.2 Å². The van der Waals surface area contributed by atoms with Crippen molar-refractivity contribution in [2.75, 3.05) is 13.9 Å². The molecule has 0 bridgehead atoms. The van der Waals surface area contributed by atoms with Gasteiger partial charge in [0.1, 0.15) is 0 Å². The van der Waals surface area contributed by atoms with Crippen LogP contribution in [0.3, 0.4) is 0 Å². The molecule has 0 saturated heterocycles. The SMILES string of the molecule is COc1ccccc1O[C@H](C)C(=O)NCc1ccc2c(c1)OCO2. The van der Waals surface area contributed by atoms with E-state index in [2.05, 4.69) is 5.32 Å². The first-order valence-electron chi connectivity index (χ1n) is 7.63. The maximum atomic E-state index is 12.2. The van der Waals surface area contributed by atoms with Crippen LogP contribution in [0.4, 0.5) is 0 Å². The molecule has 0 aromatic heterocycles. The van der Waals surface area contributed by atoms with Gasteiger partial charge in [0.15, 0.2) is 29.1 Å². The molecule has 1 aliphatic heterocycles. The highest BCUT2D eigenvalue weighted by Crippen LogP contribution is 2.32. The average Bonchev–Trinajstić information content (AvgIpc) is 3.07. The van der Waals surface area contributed by atoms with Crippen LogP contribution in [0, 0.1) is 0 Å². The Morgan fingerprint density at radius 2 is 1.92 bits per heavy atom. The molecule has 1 heterocycles. The van der Waals surface area contributed by atoms with Crippen molar-refractivity contribution in [3.8, 4) is 23.0 Å². The summed E-state index contributed by atoms with van der Waals surface area (Å²) >= 11 is 0. The lowest BCUT2D eigenvalue weighted by Gasteiger charge is -2.16. The molecule has 2 aromatic carbocycles. The fraction of sp³-hybridized carbons (Fsp3) is 0.278. The summed E-state index contributed by atoms with van der Waals surface area (Å²) in [6.07, 6.45) is -0.643. The van der Waals surface area contributed by atoms with Crippen LogP contribution in [-0.2, 0) is 11.3 Å². The Hall–Kier alpha value is -2.89. The lowest BCUT2D eigenvalue weighted by Crippen LogP contribution is -2.35. The Balaban J connectivity index is 1.56. The highest BCUT2D eigenvalue weighted by Gasteiger charge is 2.17. The number of fused-ring (bicyclic) bond motifs is 1. The normalized spacial score (nSPS) is 13.2. The van der Waals surface area contributed by atoms with Gasteiger partial charge in [0.2, 0.25) is 6.79 Å². The Morgan fingerprint density at radius 3 is 2.71 bits per heavy atom. The third-order valence-corrected chi connectivity index (χ3v) is 3.65. The zero-order valence-corrected chi connectivity index (χ0v) is 13.6. The third-order valence-electron chi connectivity index (χ3n) is 3.65. The fourth-order valence-electron chi connectivity index (χ4n) is 2.34. The van der Waals surface area contributed by atoms with Crippen LogP contribution in [0.2, 0.25) is 0 Å². The fourth-order valence-corrected chi connectivity index (χ4v) is 2.34. The maximum Gasteiger partial charge on any atom is 0.261 e. The zero-order valence-electron chi connectivity index (χ0n) is 13.6. The molecule has 0 radical (unpaired) electrons. The number of methoxy groups -OCH3 is 1. The molecule has 126 valence electrons. The third kappa shape index (κ3) is 3.53. The zero-order chi connectivity index (χ0) is 16.9. The first-order valence-corrected chi connectivity index (χ1v) is 7.63. The van der Waals surface area contributed by atoms with Gasteiger partial charge in [0, 0.05) is 6.54 Å². The van der Waals surface area contributed by atoms with E-state index in [9.17, 15) is 4.79 Å². The van der Waals surface area contributed by atoms with Crippen molar-refractivity contribution in [2.24, 2.45) is 0 Å². The number of nitrogens with one attached hydrogen (secondary N) is 1. The van der Waals surface area contributed by atoms with Crippen LogP contribution in [-0.4, -0.2) is 25.9 Å². The topological polar surface area (TPSA) is 66.0 Å². The van der Waals surface area contributed by atoms with E-state index < -0.39 is 6.10 Å². The number of benzene rings is 2. The van der Waals surface area contributed by atoms with Crippen LogP contribution < -0.4 is 24.3 Å². The molecule has 3 rings (SSSR count). The number of ether oxygens (including phenoxy) is 4. The number of carbonyl (C=O) groups is 1. The van der Waals surface area contributed by atoms with E-state index in [1.807, 2.05) is 30.3 Å². The number of amides is 1. The molecule has 1 N–H and O–H groups in total. The number of para-hydroxylation sites is 2. The lowest BCUT2D eigenvalue weighted by atomic mass is 10.2. The molecule has 0 unspecified atom stereocenters. The van der Waals surface area contributed by atoms with Gasteiger partial charge < -0.3 is 24.3 Å². The number of hydrogen-bond donors (Lipinski definition) is 1. The quantitative estimate of drug-likeness (QED) is 0.882. The Morgan fingerprint density at radius 1 is 1.17 bits per heavy atom.